The van der Waals surface area contributed by atoms with Crippen molar-refractivity contribution in [1.29, 1.82) is 0 Å². The Morgan fingerprint density at radius 2 is 1.91 bits per heavy atom. The molecule has 1 aromatic carbocycles. The zero-order chi connectivity index (χ0) is 16.6. The van der Waals surface area contributed by atoms with Crippen LogP contribution in [-0.4, -0.2) is 47.1 Å². The molecule has 0 aromatic heterocycles. The molecule has 0 bridgehead atoms. The van der Waals surface area contributed by atoms with Gasteiger partial charge in [0.25, 0.3) is 0 Å². The fraction of sp³-hybridized carbons (Fsp3) is 0.375. The molecule has 2 unspecified atom stereocenters. The van der Waals surface area contributed by atoms with Gasteiger partial charge in [-0.25, -0.2) is 9.59 Å². The van der Waals surface area contributed by atoms with Gasteiger partial charge in [0.2, 0.25) is 0 Å². The van der Waals surface area contributed by atoms with Crippen LogP contribution in [0.25, 0.3) is 0 Å². The number of ether oxygens (including phenoxy) is 1. The Morgan fingerprint density at radius 3 is 2.41 bits per heavy atom. The summed E-state index contributed by atoms with van der Waals surface area (Å²) in [7, 11) is 0. The van der Waals surface area contributed by atoms with E-state index in [9.17, 15) is 19.8 Å². The van der Waals surface area contributed by atoms with Crippen molar-refractivity contribution in [3.8, 4) is 0 Å². The number of carbonyl (C=O) groups is 2. The van der Waals surface area contributed by atoms with E-state index in [4.69, 9.17) is 9.84 Å². The van der Waals surface area contributed by atoms with Crippen molar-refractivity contribution < 1.29 is 29.6 Å². The van der Waals surface area contributed by atoms with E-state index in [1.807, 2.05) is 0 Å². The molecule has 0 aliphatic rings. The highest BCUT2D eigenvalue weighted by molar-refractivity contribution is 5.89. The van der Waals surface area contributed by atoms with E-state index in [0.717, 1.165) is 6.08 Å². The Bertz CT molecular complexity index is 525. The zero-order valence-electron chi connectivity index (χ0n) is 12.3. The number of hydrogen-bond acceptors (Lipinski definition) is 5. The smallest absolute Gasteiger partial charge is 0.338 e. The normalized spacial score (nSPS) is 15.2. The van der Waals surface area contributed by atoms with Crippen molar-refractivity contribution in [2.24, 2.45) is 11.3 Å². The van der Waals surface area contributed by atoms with Crippen LogP contribution in [0, 0.1) is 11.3 Å². The highest BCUT2D eigenvalue weighted by atomic mass is 16.5. The number of aliphatic hydroxyl groups excluding tert-OH is 2. The maximum absolute atomic E-state index is 11.9. The first kappa shape index (κ1) is 17.9. The highest BCUT2D eigenvalue weighted by Gasteiger charge is 2.35. The standard InChI is InChI=1S/C16H20O6/c1-12(9-17)16(10-18,8-7-14(19)20)11-22-15(21)13-5-3-2-4-6-13/h2-8,12,17-18H,9-11H2,1H3,(H,19,20). The van der Waals surface area contributed by atoms with Gasteiger partial charge in [-0.15, -0.1) is 0 Å². The van der Waals surface area contributed by atoms with Crippen LogP contribution in [0.3, 0.4) is 0 Å². The Labute approximate surface area is 128 Å². The summed E-state index contributed by atoms with van der Waals surface area (Å²) in [5.74, 6) is -2.25. The molecular weight excluding hydrogens is 288 g/mol. The van der Waals surface area contributed by atoms with E-state index in [1.165, 1.54) is 6.08 Å². The fourth-order valence-electron chi connectivity index (χ4n) is 1.89. The van der Waals surface area contributed by atoms with Crippen molar-refractivity contribution in [2.45, 2.75) is 6.92 Å². The minimum Gasteiger partial charge on any atom is -0.478 e. The lowest BCUT2D eigenvalue weighted by molar-refractivity contribution is -0.131. The summed E-state index contributed by atoms with van der Waals surface area (Å²) in [5.41, 5.74) is -0.800. The summed E-state index contributed by atoms with van der Waals surface area (Å²) >= 11 is 0. The minimum atomic E-state index is -1.18. The van der Waals surface area contributed by atoms with Gasteiger partial charge in [0, 0.05) is 12.7 Å². The molecule has 3 N–H and O–H groups in total. The van der Waals surface area contributed by atoms with Gasteiger partial charge in [0.1, 0.15) is 6.61 Å². The van der Waals surface area contributed by atoms with Gasteiger partial charge in [-0.3, -0.25) is 0 Å². The Hall–Kier alpha value is -2.18. The van der Waals surface area contributed by atoms with Gasteiger partial charge in [-0.2, -0.15) is 0 Å². The molecule has 0 radical (unpaired) electrons. The Morgan fingerprint density at radius 1 is 1.27 bits per heavy atom. The molecule has 0 saturated carbocycles. The molecule has 0 heterocycles. The maximum Gasteiger partial charge on any atom is 0.338 e. The average molecular weight is 308 g/mol. The molecule has 0 aliphatic carbocycles. The number of aliphatic carboxylic acids is 1. The van der Waals surface area contributed by atoms with E-state index in [1.54, 1.807) is 37.3 Å². The first-order valence-corrected chi connectivity index (χ1v) is 6.81. The lowest BCUT2D eigenvalue weighted by Gasteiger charge is -2.33. The van der Waals surface area contributed by atoms with Gasteiger partial charge >= 0.3 is 11.9 Å². The third-order valence-corrected chi connectivity index (χ3v) is 3.59. The molecule has 120 valence electrons. The van der Waals surface area contributed by atoms with Crippen molar-refractivity contribution >= 4 is 11.9 Å². The van der Waals surface area contributed by atoms with E-state index in [2.05, 4.69) is 0 Å². The molecule has 1 rings (SSSR count). The summed E-state index contributed by atoms with van der Waals surface area (Å²) in [6.45, 7) is 0.662. The number of carbonyl (C=O) groups excluding carboxylic acids is 1. The van der Waals surface area contributed by atoms with E-state index >= 15 is 0 Å². The molecular formula is C16H20O6. The highest BCUT2D eigenvalue weighted by Crippen LogP contribution is 2.30. The summed E-state index contributed by atoms with van der Waals surface area (Å²) in [4.78, 5) is 22.6. The predicted molar refractivity (Wildman–Crippen MR) is 79.3 cm³/mol. The van der Waals surface area contributed by atoms with Crippen LogP contribution in [-0.2, 0) is 9.53 Å². The summed E-state index contributed by atoms with van der Waals surface area (Å²) in [6, 6.07) is 8.32. The first-order valence-electron chi connectivity index (χ1n) is 6.81. The number of rotatable bonds is 8. The van der Waals surface area contributed by atoms with Gasteiger partial charge in [-0.1, -0.05) is 31.2 Å². The number of carboxylic acid groups (broad SMARTS) is 1. The second-order valence-electron chi connectivity index (χ2n) is 5.09. The first-order chi connectivity index (χ1) is 10.4. The molecule has 6 nitrogen and oxygen atoms in total. The maximum atomic E-state index is 11.9. The largest absolute Gasteiger partial charge is 0.478 e. The quantitative estimate of drug-likeness (QED) is 0.490. The van der Waals surface area contributed by atoms with Crippen LogP contribution in [0.1, 0.15) is 17.3 Å². The number of hydrogen-bond donors (Lipinski definition) is 3. The van der Waals surface area contributed by atoms with Crippen molar-refractivity contribution in [2.75, 3.05) is 19.8 Å². The average Bonchev–Trinajstić information content (AvgIpc) is 2.55. The van der Waals surface area contributed by atoms with Crippen LogP contribution < -0.4 is 0 Å². The van der Waals surface area contributed by atoms with Crippen LogP contribution >= 0.6 is 0 Å². The van der Waals surface area contributed by atoms with Crippen LogP contribution in [0.5, 0.6) is 0 Å². The molecule has 0 fully saturated rings. The minimum absolute atomic E-state index is 0.233. The van der Waals surface area contributed by atoms with Gasteiger partial charge < -0.3 is 20.1 Å². The molecule has 22 heavy (non-hydrogen) atoms. The molecule has 2 atom stereocenters. The van der Waals surface area contributed by atoms with Gasteiger partial charge in [0.15, 0.2) is 0 Å². The lowest BCUT2D eigenvalue weighted by Crippen LogP contribution is -2.38. The summed E-state index contributed by atoms with van der Waals surface area (Å²) < 4.78 is 5.19. The number of esters is 1. The summed E-state index contributed by atoms with van der Waals surface area (Å²) in [6.07, 6.45) is 2.13. The second kappa shape index (κ2) is 8.31. The topological polar surface area (TPSA) is 104 Å². The Kier molecular flexibility index (Phi) is 6.75. The third-order valence-electron chi connectivity index (χ3n) is 3.59. The Balaban J connectivity index is 2.89. The van der Waals surface area contributed by atoms with Gasteiger partial charge in [0.05, 0.1) is 17.6 Å². The molecule has 0 aliphatic heterocycles. The van der Waals surface area contributed by atoms with Crippen molar-refractivity contribution in [3.05, 3.63) is 48.0 Å². The molecule has 0 saturated heterocycles. The van der Waals surface area contributed by atoms with Crippen LogP contribution in [0.4, 0.5) is 0 Å². The molecule has 0 spiro atoms. The van der Waals surface area contributed by atoms with Crippen molar-refractivity contribution in [3.63, 3.8) is 0 Å². The second-order valence-corrected chi connectivity index (χ2v) is 5.09. The summed E-state index contributed by atoms with van der Waals surface area (Å²) in [5, 5.41) is 27.7. The van der Waals surface area contributed by atoms with Crippen molar-refractivity contribution in [1.82, 2.24) is 0 Å². The fourth-order valence-corrected chi connectivity index (χ4v) is 1.89. The zero-order valence-corrected chi connectivity index (χ0v) is 12.3. The number of benzene rings is 1. The number of aliphatic hydroxyl groups is 2. The van der Waals surface area contributed by atoms with E-state index in [-0.39, 0.29) is 13.2 Å². The van der Waals surface area contributed by atoms with E-state index in [0.29, 0.717) is 5.56 Å². The monoisotopic (exact) mass is 308 g/mol. The molecule has 1 aromatic rings. The molecule has 0 amide bonds. The predicted octanol–water partition coefficient (Wildman–Crippen LogP) is 1.09. The third kappa shape index (κ3) is 4.68. The molecule has 6 heteroatoms. The number of carboxylic acids is 1. The van der Waals surface area contributed by atoms with Crippen LogP contribution in [0.15, 0.2) is 42.5 Å². The van der Waals surface area contributed by atoms with E-state index < -0.39 is 29.9 Å². The van der Waals surface area contributed by atoms with Gasteiger partial charge in [-0.05, 0) is 18.1 Å². The SMILES string of the molecule is CC(CO)C(C=CC(=O)O)(CO)COC(=O)c1ccccc1. The van der Waals surface area contributed by atoms with Crippen LogP contribution in [0.2, 0.25) is 0 Å². The lowest BCUT2D eigenvalue weighted by atomic mass is 9.77.